The van der Waals surface area contributed by atoms with Gasteiger partial charge in [-0.15, -0.1) is 0 Å². The second-order valence-electron chi connectivity index (χ2n) is 5.43. The van der Waals surface area contributed by atoms with Crippen molar-refractivity contribution in [3.05, 3.63) is 35.4 Å². The van der Waals surface area contributed by atoms with Crippen LogP contribution >= 0.6 is 0 Å². The number of hydrogen-bond donors (Lipinski definition) is 1. The van der Waals surface area contributed by atoms with E-state index >= 15 is 0 Å². The highest BCUT2D eigenvalue weighted by Crippen LogP contribution is 2.08. The maximum atomic E-state index is 3.18. The van der Waals surface area contributed by atoms with E-state index in [1.54, 1.807) is 0 Å². The first-order valence-electron chi connectivity index (χ1n) is 7.25. The zero-order valence-corrected chi connectivity index (χ0v) is 12.9. The van der Waals surface area contributed by atoms with E-state index in [2.05, 4.69) is 60.4 Å². The predicted octanol–water partition coefficient (Wildman–Crippen LogP) is 2.18. The van der Waals surface area contributed by atoms with E-state index in [1.807, 2.05) is 7.05 Å². The standard InChI is InChI=1S/C16H29N3/c1-5-10-19(12-11-18(3)4)14-16-8-6-15(7-9-16)13-17-2/h6-9,17H,5,10-14H2,1-4H3. The largest absolute Gasteiger partial charge is 0.316 e. The highest BCUT2D eigenvalue weighted by Gasteiger charge is 2.05. The lowest BCUT2D eigenvalue weighted by Gasteiger charge is -2.23. The summed E-state index contributed by atoms with van der Waals surface area (Å²) in [6, 6.07) is 8.96. The SMILES string of the molecule is CCCN(CCN(C)C)Cc1ccc(CNC)cc1. The molecule has 19 heavy (non-hydrogen) atoms. The van der Waals surface area contributed by atoms with Crippen LogP contribution < -0.4 is 5.32 Å². The average Bonchev–Trinajstić information content (AvgIpc) is 2.39. The van der Waals surface area contributed by atoms with E-state index in [0.717, 1.165) is 26.2 Å². The Balaban J connectivity index is 2.52. The van der Waals surface area contributed by atoms with Crippen molar-refractivity contribution < 1.29 is 0 Å². The van der Waals surface area contributed by atoms with Crippen molar-refractivity contribution >= 4 is 0 Å². The molecule has 1 rings (SSSR count). The fourth-order valence-corrected chi connectivity index (χ4v) is 2.15. The molecule has 0 spiro atoms. The Morgan fingerprint density at radius 3 is 2.11 bits per heavy atom. The molecule has 1 aromatic carbocycles. The number of likely N-dealkylation sites (N-methyl/N-ethyl adjacent to an activating group) is 1. The molecule has 0 aliphatic rings. The zero-order valence-electron chi connectivity index (χ0n) is 12.9. The van der Waals surface area contributed by atoms with Crippen LogP contribution in [0.25, 0.3) is 0 Å². The molecule has 0 fully saturated rings. The van der Waals surface area contributed by atoms with Gasteiger partial charge in [-0.2, -0.15) is 0 Å². The molecule has 1 aromatic rings. The summed E-state index contributed by atoms with van der Waals surface area (Å²) in [5, 5.41) is 3.18. The van der Waals surface area contributed by atoms with Crippen molar-refractivity contribution in [3.63, 3.8) is 0 Å². The Hall–Kier alpha value is -0.900. The number of nitrogens with zero attached hydrogens (tertiary/aromatic N) is 2. The van der Waals surface area contributed by atoms with Gasteiger partial charge >= 0.3 is 0 Å². The Labute approximate surface area is 118 Å². The van der Waals surface area contributed by atoms with E-state index in [-0.39, 0.29) is 0 Å². The Bertz CT molecular complexity index is 332. The number of rotatable bonds is 9. The first-order valence-corrected chi connectivity index (χ1v) is 7.25. The molecule has 0 bridgehead atoms. The van der Waals surface area contributed by atoms with Crippen LogP contribution in [0.15, 0.2) is 24.3 Å². The van der Waals surface area contributed by atoms with Crippen LogP contribution in [0.1, 0.15) is 24.5 Å². The lowest BCUT2D eigenvalue weighted by Crippen LogP contribution is -2.32. The minimum Gasteiger partial charge on any atom is -0.316 e. The second-order valence-corrected chi connectivity index (χ2v) is 5.43. The van der Waals surface area contributed by atoms with Gasteiger partial charge in [0, 0.05) is 26.2 Å². The van der Waals surface area contributed by atoms with Gasteiger partial charge in [-0.1, -0.05) is 31.2 Å². The minimum absolute atomic E-state index is 0.944. The molecule has 0 atom stereocenters. The van der Waals surface area contributed by atoms with Crippen LogP contribution in [0.2, 0.25) is 0 Å². The fourth-order valence-electron chi connectivity index (χ4n) is 2.15. The van der Waals surface area contributed by atoms with Crippen molar-refractivity contribution in [2.24, 2.45) is 0 Å². The first kappa shape index (κ1) is 16.2. The molecule has 0 aliphatic carbocycles. The Morgan fingerprint density at radius 1 is 0.947 bits per heavy atom. The van der Waals surface area contributed by atoms with E-state index in [9.17, 15) is 0 Å². The lowest BCUT2D eigenvalue weighted by atomic mass is 10.1. The summed E-state index contributed by atoms with van der Waals surface area (Å²) in [6.07, 6.45) is 1.21. The first-order chi connectivity index (χ1) is 9.15. The molecular weight excluding hydrogens is 234 g/mol. The minimum atomic E-state index is 0.944. The van der Waals surface area contributed by atoms with E-state index < -0.39 is 0 Å². The summed E-state index contributed by atoms with van der Waals surface area (Å²) in [7, 11) is 6.26. The van der Waals surface area contributed by atoms with Gasteiger partial charge in [-0.05, 0) is 45.2 Å². The molecule has 0 saturated heterocycles. The van der Waals surface area contributed by atoms with Crippen LogP contribution in [0.3, 0.4) is 0 Å². The third-order valence-electron chi connectivity index (χ3n) is 3.21. The Morgan fingerprint density at radius 2 is 1.58 bits per heavy atom. The summed E-state index contributed by atoms with van der Waals surface area (Å²) < 4.78 is 0. The highest BCUT2D eigenvalue weighted by atomic mass is 15.2. The summed E-state index contributed by atoms with van der Waals surface area (Å²) in [4.78, 5) is 4.78. The van der Waals surface area contributed by atoms with Crippen LogP contribution in [0.5, 0.6) is 0 Å². The number of benzene rings is 1. The maximum Gasteiger partial charge on any atom is 0.0234 e. The zero-order chi connectivity index (χ0) is 14.1. The van der Waals surface area contributed by atoms with Crippen LogP contribution in [0.4, 0.5) is 0 Å². The smallest absolute Gasteiger partial charge is 0.0234 e. The van der Waals surface area contributed by atoms with Crippen LogP contribution in [-0.2, 0) is 13.1 Å². The normalized spacial score (nSPS) is 11.5. The molecular formula is C16H29N3. The topological polar surface area (TPSA) is 18.5 Å². The van der Waals surface area contributed by atoms with Gasteiger partial charge in [-0.3, -0.25) is 4.90 Å². The van der Waals surface area contributed by atoms with Crippen molar-refractivity contribution in [2.75, 3.05) is 40.8 Å². The second kappa shape index (κ2) is 9.08. The molecule has 3 heteroatoms. The summed E-state index contributed by atoms with van der Waals surface area (Å²) in [5.41, 5.74) is 2.76. The third kappa shape index (κ3) is 6.71. The van der Waals surface area contributed by atoms with Crippen molar-refractivity contribution in [3.8, 4) is 0 Å². The molecule has 0 aliphatic heterocycles. The van der Waals surface area contributed by atoms with Gasteiger partial charge in [0.05, 0.1) is 0 Å². The van der Waals surface area contributed by atoms with Crippen LogP contribution in [-0.4, -0.2) is 50.6 Å². The molecule has 108 valence electrons. The Kier molecular flexibility index (Phi) is 7.72. The van der Waals surface area contributed by atoms with E-state index in [1.165, 1.54) is 24.1 Å². The van der Waals surface area contributed by atoms with Crippen molar-refractivity contribution in [1.29, 1.82) is 0 Å². The lowest BCUT2D eigenvalue weighted by molar-refractivity contribution is 0.234. The van der Waals surface area contributed by atoms with E-state index in [4.69, 9.17) is 0 Å². The van der Waals surface area contributed by atoms with Gasteiger partial charge in [0.2, 0.25) is 0 Å². The molecule has 0 unspecified atom stereocenters. The molecule has 0 heterocycles. The molecule has 0 amide bonds. The summed E-state index contributed by atoms with van der Waals surface area (Å²) in [5.74, 6) is 0. The quantitative estimate of drug-likeness (QED) is 0.737. The van der Waals surface area contributed by atoms with Gasteiger partial charge in [0.1, 0.15) is 0 Å². The van der Waals surface area contributed by atoms with Gasteiger partial charge in [-0.25, -0.2) is 0 Å². The summed E-state index contributed by atoms with van der Waals surface area (Å²) in [6.45, 7) is 7.68. The number of nitrogens with one attached hydrogen (secondary N) is 1. The van der Waals surface area contributed by atoms with E-state index in [0.29, 0.717) is 0 Å². The highest BCUT2D eigenvalue weighted by molar-refractivity contribution is 5.22. The fraction of sp³-hybridized carbons (Fsp3) is 0.625. The molecule has 1 N–H and O–H groups in total. The molecule has 0 radical (unpaired) electrons. The van der Waals surface area contributed by atoms with Gasteiger partial charge in [0.25, 0.3) is 0 Å². The number of hydrogen-bond acceptors (Lipinski definition) is 3. The molecule has 3 nitrogen and oxygen atoms in total. The third-order valence-corrected chi connectivity index (χ3v) is 3.21. The van der Waals surface area contributed by atoms with Crippen LogP contribution in [0, 0.1) is 0 Å². The summed E-state index contributed by atoms with van der Waals surface area (Å²) >= 11 is 0. The molecule has 0 aromatic heterocycles. The average molecular weight is 263 g/mol. The molecule has 0 saturated carbocycles. The maximum absolute atomic E-state index is 3.18. The van der Waals surface area contributed by atoms with Crippen molar-refractivity contribution in [1.82, 2.24) is 15.1 Å². The van der Waals surface area contributed by atoms with Crippen molar-refractivity contribution in [2.45, 2.75) is 26.4 Å². The predicted molar refractivity (Wildman–Crippen MR) is 83.3 cm³/mol. The van der Waals surface area contributed by atoms with Gasteiger partial charge < -0.3 is 10.2 Å². The monoisotopic (exact) mass is 263 g/mol. The van der Waals surface area contributed by atoms with Gasteiger partial charge in [0.15, 0.2) is 0 Å².